The molecular weight excluding hydrogens is 264 g/mol. The molecule has 1 aromatic carbocycles. The summed E-state index contributed by atoms with van der Waals surface area (Å²) in [4.78, 5) is 13.9. The van der Waals surface area contributed by atoms with Crippen LogP contribution in [0.1, 0.15) is 35.7 Å². The summed E-state index contributed by atoms with van der Waals surface area (Å²) in [7, 11) is 1.40. The van der Waals surface area contributed by atoms with Gasteiger partial charge in [0.25, 0.3) is 0 Å². The van der Waals surface area contributed by atoms with Gasteiger partial charge in [-0.25, -0.2) is 4.79 Å². The van der Waals surface area contributed by atoms with Gasteiger partial charge in [-0.3, -0.25) is 0 Å². The van der Waals surface area contributed by atoms with Crippen LogP contribution in [0, 0.1) is 5.92 Å². The monoisotopic (exact) mass is 290 g/mol. The van der Waals surface area contributed by atoms with Crippen LogP contribution in [0.15, 0.2) is 24.3 Å². The van der Waals surface area contributed by atoms with Crippen molar-refractivity contribution in [3.05, 3.63) is 35.4 Å². The lowest BCUT2D eigenvalue weighted by Crippen LogP contribution is -2.37. The molecule has 0 saturated carbocycles. The second kappa shape index (κ2) is 8.15. The summed E-state index contributed by atoms with van der Waals surface area (Å²) in [5, 5.41) is 3.47. The van der Waals surface area contributed by atoms with Gasteiger partial charge in [0, 0.05) is 19.6 Å². The number of carbonyl (C=O) groups excluding carboxylic acids is 1. The zero-order valence-electron chi connectivity index (χ0n) is 13.1. The summed E-state index contributed by atoms with van der Waals surface area (Å²) < 4.78 is 4.69. The lowest BCUT2D eigenvalue weighted by atomic mass is 9.99. The third-order valence-corrected chi connectivity index (χ3v) is 4.19. The Labute approximate surface area is 127 Å². The first-order valence-electron chi connectivity index (χ1n) is 7.79. The summed E-state index contributed by atoms with van der Waals surface area (Å²) >= 11 is 0. The molecule has 0 unspecified atom stereocenters. The predicted octanol–water partition coefficient (Wildman–Crippen LogP) is 2.29. The molecule has 1 saturated heterocycles. The van der Waals surface area contributed by atoms with Crippen LogP contribution in [0.4, 0.5) is 0 Å². The maximum atomic E-state index is 11.3. The Morgan fingerprint density at radius 3 is 2.57 bits per heavy atom. The van der Waals surface area contributed by atoms with E-state index in [1.807, 2.05) is 24.3 Å². The number of nitrogens with zero attached hydrogens (tertiary/aromatic N) is 1. The zero-order chi connectivity index (χ0) is 15.1. The van der Waals surface area contributed by atoms with E-state index in [2.05, 4.69) is 21.9 Å². The van der Waals surface area contributed by atoms with E-state index in [1.165, 1.54) is 38.6 Å². The highest BCUT2D eigenvalue weighted by atomic mass is 16.5. The lowest BCUT2D eigenvalue weighted by molar-refractivity contribution is 0.0600. The molecule has 1 aliphatic rings. The molecule has 2 rings (SSSR count). The van der Waals surface area contributed by atoms with E-state index in [0.29, 0.717) is 5.56 Å². The van der Waals surface area contributed by atoms with Crippen molar-refractivity contribution in [3.8, 4) is 0 Å². The smallest absolute Gasteiger partial charge is 0.337 e. The van der Waals surface area contributed by atoms with Crippen molar-refractivity contribution in [3.63, 3.8) is 0 Å². The Hall–Kier alpha value is -1.39. The fraction of sp³-hybridized carbons (Fsp3) is 0.588. The van der Waals surface area contributed by atoms with Crippen molar-refractivity contribution >= 4 is 5.97 Å². The number of carbonyl (C=O) groups is 1. The minimum atomic E-state index is -0.283. The second-order valence-electron chi connectivity index (χ2n) is 5.89. The first-order chi connectivity index (χ1) is 10.2. The highest BCUT2D eigenvalue weighted by Crippen LogP contribution is 2.15. The molecule has 1 heterocycles. The predicted molar refractivity (Wildman–Crippen MR) is 84.3 cm³/mol. The molecule has 0 spiro atoms. The molecule has 0 amide bonds. The van der Waals surface area contributed by atoms with Crippen LogP contribution in [0.5, 0.6) is 0 Å². The molecule has 4 nitrogen and oxygen atoms in total. The van der Waals surface area contributed by atoms with Crippen molar-refractivity contribution in [1.82, 2.24) is 10.2 Å². The van der Waals surface area contributed by atoms with Crippen LogP contribution in [0.3, 0.4) is 0 Å². The third-order valence-electron chi connectivity index (χ3n) is 4.19. The maximum Gasteiger partial charge on any atom is 0.337 e. The van der Waals surface area contributed by atoms with Crippen molar-refractivity contribution in [2.24, 2.45) is 5.92 Å². The molecule has 4 heteroatoms. The van der Waals surface area contributed by atoms with Gasteiger partial charge in [-0.05, 0) is 49.5 Å². The number of methoxy groups -OCH3 is 1. The molecule has 21 heavy (non-hydrogen) atoms. The van der Waals surface area contributed by atoms with Crippen LogP contribution in [0.2, 0.25) is 0 Å². The molecule has 1 N–H and O–H groups in total. The maximum absolute atomic E-state index is 11.3. The minimum Gasteiger partial charge on any atom is -0.465 e. The summed E-state index contributed by atoms with van der Waals surface area (Å²) in [6.07, 6.45) is 2.66. The van der Waals surface area contributed by atoms with Gasteiger partial charge in [-0.2, -0.15) is 0 Å². The zero-order valence-corrected chi connectivity index (χ0v) is 13.1. The van der Waals surface area contributed by atoms with Crippen molar-refractivity contribution < 1.29 is 9.53 Å². The molecular formula is C17H26N2O2. The molecule has 0 radical (unpaired) electrons. The number of piperidine rings is 1. The van der Waals surface area contributed by atoms with Crippen LogP contribution in [-0.2, 0) is 11.3 Å². The van der Waals surface area contributed by atoms with Gasteiger partial charge < -0.3 is 15.0 Å². The average Bonchev–Trinajstić information content (AvgIpc) is 2.53. The number of ether oxygens (including phenoxy) is 1. The summed E-state index contributed by atoms with van der Waals surface area (Å²) in [5.41, 5.74) is 1.79. The molecule has 1 aliphatic heterocycles. The van der Waals surface area contributed by atoms with Gasteiger partial charge in [0.05, 0.1) is 12.7 Å². The van der Waals surface area contributed by atoms with E-state index in [0.717, 1.165) is 25.6 Å². The Morgan fingerprint density at radius 1 is 1.29 bits per heavy atom. The van der Waals surface area contributed by atoms with Gasteiger partial charge in [0.2, 0.25) is 0 Å². The molecule has 116 valence electrons. The fourth-order valence-corrected chi connectivity index (χ4v) is 2.63. The number of likely N-dealkylation sites (tertiary alicyclic amines) is 1. The van der Waals surface area contributed by atoms with Gasteiger partial charge in [-0.15, -0.1) is 0 Å². The van der Waals surface area contributed by atoms with Crippen LogP contribution in [0.25, 0.3) is 0 Å². The van der Waals surface area contributed by atoms with E-state index in [4.69, 9.17) is 0 Å². The second-order valence-corrected chi connectivity index (χ2v) is 5.89. The van der Waals surface area contributed by atoms with Crippen molar-refractivity contribution in [2.45, 2.75) is 26.3 Å². The molecule has 0 bridgehead atoms. The van der Waals surface area contributed by atoms with E-state index in [9.17, 15) is 4.79 Å². The van der Waals surface area contributed by atoms with Gasteiger partial charge >= 0.3 is 5.97 Å². The standard InChI is InChI=1S/C17H26N2O2/c1-14-7-10-19(11-8-14)12-9-18-13-15-3-5-16(6-4-15)17(20)21-2/h3-6,14,18H,7-13H2,1-2H3. The van der Waals surface area contributed by atoms with E-state index >= 15 is 0 Å². The molecule has 1 aromatic rings. The average molecular weight is 290 g/mol. The molecule has 1 fully saturated rings. The molecule has 0 aliphatic carbocycles. The van der Waals surface area contributed by atoms with Crippen LogP contribution in [-0.4, -0.2) is 44.2 Å². The van der Waals surface area contributed by atoms with Crippen molar-refractivity contribution in [1.29, 1.82) is 0 Å². The number of nitrogens with one attached hydrogen (secondary N) is 1. The first-order valence-corrected chi connectivity index (χ1v) is 7.79. The quantitative estimate of drug-likeness (QED) is 0.645. The number of rotatable bonds is 6. The van der Waals surface area contributed by atoms with Crippen LogP contribution >= 0.6 is 0 Å². The number of hydrogen-bond acceptors (Lipinski definition) is 4. The number of hydrogen-bond donors (Lipinski definition) is 1. The van der Waals surface area contributed by atoms with Crippen LogP contribution < -0.4 is 5.32 Å². The van der Waals surface area contributed by atoms with E-state index < -0.39 is 0 Å². The van der Waals surface area contributed by atoms with E-state index in [-0.39, 0.29) is 5.97 Å². The summed E-state index contributed by atoms with van der Waals surface area (Å²) in [6.45, 7) is 7.77. The normalized spacial score (nSPS) is 16.9. The number of benzene rings is 1. The largest absolute Gasteiger partial charge is 0.465 e. The Morgan fingerprint density at radius 2 is 1.95 bits per heavy atom. The Balaban J connectivity index is 1.65. The van der Waals surface area contributed by atoms with Crippen molar-refractivity contribution in [2.75, 3.05) is 33.3 Å². The molecule has 0 atom stereocenters. The Kier molecular flexibility index (Phi) is 6.21. The first kappa shape index (κ1) is 16.0. The summed E-state index contributed by atoms with van der Waals surface area (Å²) in [6, 6.07) is 7.58. The van der Waals surface area contributed by atoms with E-state index in [1.54, 1.807) is 0 Å². The number of esters is 1. The summed E-state index contributed by atoms with van der Waals surface area (Å²) in [5.74, 6) is 0.608. The lowest BCUT2D eigenvalue weighted by Gasteiger charge is -2.30. The SMILES string of the molecule is COC(=O)c1ccc(CNCCN2CCC(C)CC2)cc1. The topological polar surface area (TPSA) is 41.6 Å². The van der Waals surface area contributed by atoms with Gasteiger partial charge in [-0.1, -0.05) is 19.1 Å². The highest BCUT2D eigenvalue weighted by molar-refractivity contribution is 5.89. The van der Waals surface area contributed by atoms with Gasteiger partial charge in [0.15, 0.2) is 0 Å². The van der Waals surface area contributed by atoms with Gasteiger partial charge in [0.1, 0.15) is 0 Å². The molecule has 0 aromatic heterocycles. The Bertz CT molecular complexity index is 437. The fourth-order valence-electron chi connectivity index (χ4n) is 2.63. The third kappa shape index (κ3) is 5.14. The highest BCUT2D eigenvalue weighted by Gasteiger charge is 2.14. The minimum absolute atomic E-state index is 0.283.